The molecule has 0 N–H and O–H groups in total. The second-order valence-electron chi connectivity index (χ2n) is 9.43. The van der Waals surface area contributed by atoms with Crippen molar-refractivity contribution >= 4 is 17.2 Å². The summed E-state index contributed by atoms with van der Waals surface area (Å²) < 4.78 is 28.0. The molecule has 0 bridgehead atoms. The van der Waals surface area contributed by atoms with Crippen molar-refractivity contribution in [2.45, 2.75) is 45.3 Å². The van der Waals surface area contributed by atoms with Crippen molar-refractivity contribution in [3.8, 4) is 17.3 Å². The van der Waals surface area contributed by atoms with E-state index in [4.69, 9.17) is 14.6 Å². The lowest BCUT2D eigenvalue weighted by atomic mass is 10.0. The molecule has 4 aromatic rings. The van der Waals surface area contributed by atoms with Gasteiger partial charge in [-0.1, -0.05) is 44.2 Å². The van der Waals surface area contributed by atoms with Crippen LogP contribution in [0.3, 0.4) is 0 Å². The van der Waals surface area contributed by atoms with E-state index in [9.17, 15) is 9.18 Å². The molecule has 192 valence electrons. The molecule has 0 aliphatic carbocycles. The summed E-state index contributed by atoms with van der Waals surface area (Å²) in [6.45, 7) is 5.62. The number of halogens is 1. The number of carbonyl (C=O) groups excluding carboxylic acids is 1. The van der Waals surface area contributed by atoms with Gasteiger partial charge >= 0.3 is 0 Å². The Morgan fingerprint density at radius 2 is 2.03 bits per heavy atom. The lowest BCUT2D eigenvalue weighted by molar-refractivity contribution is 0.0509. The Hall–Kier alpha value is -3.49. The maximum absolute atomic E-state index is 14.1. The van der Waals surface area contributed by atoms with Crippen LogP contribution in [0.5, 0.6) is 11.6 Å². The fourth-order valence-corrected chi connectivity index (χ4v) is 5.25. The SMILES string of the molecule is CC(C)c1nn(-c2ccccc2)c(Oc2cccc(F)c2)c1CN(C[C@@H]1CCCO1)C(=O)c1cccs1. The molecule has 5 rings (SSSR count). The molecule has 37 heavy (non-hydrogen) atoms. The van der Waals surface area contributed by atoms with Gasteiger partial charge in [0.15, 0.2) is 0 Å². The highest BCUT2D eigenvalue weighted by Gasteiger charge is 2.30. The monoisotopic (exact) mass is 519 g/mol. The zero-order chi connectivity index (χ0) is 25.8. The van der Waals surface area contributed by atoms with E-state index < -0.39 is 0 Å². The Balaban J connectivity index is 1.60. The standard InChI is InChI=1S/C29H30FN3O3S/c1-20(2)27-25(19-32(18-24-13-7-15-35-24)28(34)26-14-8-16-37-26)29(36-23-12-6-9-21(30)17-23)33(31-27)22-10-4-3-5-11-22/h3-6,8-12,14,16-17,20,24H,7,13,15,18-19H2,1-2H3/t24-/m0/s1. The van der Waals surface area contributed by atoms with E-state index >= 15 is 0 Å². The predicted molar refractivity (Wildman–Crippen MR) is 142 cm³/mol. The molecule has 1 amide bonds. The largest absolute Gasteiger partial charge is 0.438 e. The van der Waals surface area contributed by atoms with E-state index in [2.05, 4.69) is 13.8 Å². The van der Waals surface area contributed by atoms with E-state index in [-0.39, 0.29) is 23.7 Å². The first-order chi connectivity index (χ1) is 18.0. The van der Waals surface area contributed by atoms with Crippen LogP contribution in [0.15, 0.2) is 72.1 Å². The van der Waals surface area contributed by atoms with Crippen LogP contribution in [0.25, 0.3) is 5.69 Å². The van der Waals surface area contributed by atoms with Crippen LogP contribution >= 0.6 is 11.3 Å². The first-order valence-corrected chi connectivity index (χ1v) is 13.4. The summed E-state index contributed by atoms with van der Waals surface area (Å²) in [4.78, 5) is 16.1. The number of aromatic nitrogens is 2. The molecule has 3 heterocycles. The van der Waals surface area contributed by atoms with Gasteiger partial charge in [-0.3, -0.25) is 4.79 Å². The third-order valence-electron chi connectivity index (χ3n) is 6.34. The fourth-order valence-electron chi connectivity index (χ4n) is 4.55. The maximum atomic E-state index is 14.1. The van der Waals surface area contributed by atoms with Crippen molar-refractivity contribution in [3.63, 3.8) is 0 Å². The summed E-state index contributed by atoms with van der Waals surface area (Å²) >= 11 is 1.42. The predicted octanol–water partition coefficient (Wildman–Crippen LogP) is 6.81. The van der Waals surface area contributed by atoms with Crippen molar-refractivity contribution in [1.29, 1.82) is 0 Å². The highest BCUT2D eigenvalue weighted by Crippen LogP contribution is 2.35. The van der Waals surface area contributed by atoms with Gasteiger partial charge in [-0.05, 0) is 54.5 Å². The van der Waals surface area contributed by atoms with Gasteiger partial charge < -0.3 is 14.4 Å². The first kappa shape index (κ1) is 25.2. The number of nitrogens with zero attached hydrogens (tertiary/aromatic N) is 3. The van der Waals surface area contributed by atoms with Crippen LogP contribution in [0, 0.1) is 5.82 Å². The molecule has 0 saturated carbocycles. The average Bonchev–Trinajstić information content (AvgIpc) is 3.67. The number of amides is 1. The summed E-state index contributed by atoms with van der Waals surface area (Å²) in [6, 6.07) is 19.5. The molecule has 1 atom stereocenters. The second-order valence-corrected chi connectivity index (χ2v) is 10.4. The number of para-hydroxylation sites is 1. The van der Waals surface area contributed by atoms with Crippen molar-refractivity contribution in [3.05, 3.63) is 94.1 Å². The minimum atomic E-state index is -0.387. The van der Waals surface area contributed by atoms with Crippen LogP contribution in [0.2, 0.25) is 0 Å². The average molecular weight is 520 g/mol. The first-order valence-electron chi connectivity index (χ1n) is 12.5. The second kappa shape index (κ2) is 11.3. The topological polar surface area (TPSA) is 56.6 Å². The lowest BCUT2D eigenvalue weighted by Gasteiger charge is -2.26. The Morgan fingerprint density at radius 3 is 2.70 bits per heavy atom. The zero-order valence-electron chi connectivity index (χ0n) is 21.0. The van der Waals surface area contributed by atoms with Gasteiger partial charge in [-0.2, -0.15) is 5.10 Å². The van der Waals surface area contributed by atoms with Crippen LogP contribution < -0.4 is 4.74 Å². The number of rotatable bonds is 9. The summed E-state index contributed by atoms with van der Waals surface area (Å²) in [5.41, 5.74) is 2.44. The molecule has 1 aliphatic heterocycles. The third-order valence-corrected chi connectivity index (χ3v) is 7.20. The van der Waals surface area contributed by atoms with E-state index in [0.717, 1.165) is 29.8 Å². The van der Waals surface area contributed by atoms with Gasteiger partial charge in [0.2, 0.25) is 5.88 Å². The van der Waals surface area contributed by atoms with Crippen LogP contribution in [-0.2, 0) is 11.3 Å². The molecule has 0 unspecified atom stereocenters. The molecule has 1 fully saturated rings. The molecule has 1 aliphatic rings. The number of hydrogen-bond acceptors (Lipinski definition) is 5. The minimum Gasteiger partial charge on any atom is -0.438 e. The van der Waals surface area contributed by atoms with Gasteiger partial charge in [0.05, 0.1) is 34.5 Å². The fraction of sp³-hybridized carbons (Fsp3) is 0.310. The number of thiophene rings is 1. The third kappa shape index (κ3) is 5.76. The van der Waals surface area contributed by atoms with Gasteiger partial charge in [-0.15, -0.1) is 11.3 Å². The molecular formula is C29H30FN3O3S. The molecule has 0 spiro atoms. The van der Waals surface area contributed by atoms with E-state index in [1.54, 1.807) is 16.8 Å². The number of ether oxygens (including phenoxy) is 2. The highest BCUT2D eigenvalue weighted by atomic mass is 32.1. The number of carbonyl (C=O) groups is 1. The summed E-state index contributed by atoms with van der Waals surface area (Å²) in [7, 11) is 0. The Labute approximate surface area is 220 Å². The smallest absolute Gasteiger partial charge is 0.264 e. The molecule has 1 saturated heterocycles. The number of hydrogen-bond donors (Lipinski definition) is 0. The van der Waals surface area contributed by atoms with Crippen molar-refractivity contribution in [2.24, 2.45) is 0 Å². The maximum Gasteiger partial charge on any atom is 0.264 e. The molecule has 6 nitrogen and oxygen atoms in total. The van der Waals surface area contributed by atoms with Crippen molar-refractivity contribution < 1.29 is 18.7 Å². The molecule has 2 aromatic carbocycles. The van der Waals surface area contributed by atoms with Gasteiger partial charge in [0, 0.05) is 19.2 Å². The number of benzene rings is 2. The van der Waals surface area contributed by atoms with E-state index in [0.29, 0.717) is 36.2 Å². The zero-order valence-corrected chi connectivity index (χ0v) is 21.8. The Morgan fingerprint density at radius 1 is 1.19 bits per heavy atom. The van der Waals surface area contributed by atoms with E-state index in [1.807, 2.05) is 52.7 Å². The van der Waals surface area contributed by atoms with Crippen LogP contribution in [0.1, 0.15) is 53.5 Å². The minimum absolute atomic E-state index is 0.0110. The van der Waals surface area contributed by atoms with Crippen LogP contribution in [0.4, 0.5) is 4.39 Å². The molecule has 0 radical (unpaired) electrons. The van der Waals surface area contributed by atoms with Crippen LogP contribution in [-0.4, -0.2) is 39.8 Å². The molecule has 8 heteroatoms. The van der Waals surface area contributed by atoms with Gasteiger partial charge in [0.25, 0.3) is 5.91 Å². The lowest BCUT2D eigenvalue weighted by Crippen LogP contribution is -2.36. The Kier molecular flexibility index (Phi) is 7.67. The summed E-state index contributed by atoms with van der Waals surface area (Å²) in [5, 5.41) is 6.84. The van der Waals surface area contributed by atoms with Crippen molar-refractivity contribution in [2.75, 3.05) is 13.2 Å². The van der Waals surface area contributed by atoms with Gasteiger partial charge in [-0.25, -0.2) is 9.07 Å². The summed E-state index contributed by atoms with van der Waals surface area (Å²) in [6.07, 6.45) is 1.90. The summed E-state index contributed by atoms with van der Waals surface area (Å²) in [5.74, 6) is 0.461. The van der Waals surface area contributed by atoms with Gasteiger partial charge in [0.1, 0.15) is 11.6 Å². The van der Waals surface area contributed by atoms with E-state index in [1.165, 1.54) is 23.5 Å². The normalized spacial score (nSPS) is 15.3. The quantitative estimate of drug-likeness (QED) is 0.244. The highest BCUT2D eigenvalue weighted by molar-refractivity contribution is 7.12. The molecule has 2 aromatic heterocycles. The van der Waals surface area contributed by atoms with Crippen molar-refractivity contribution in [1.82, 2.24) is 14.7 Å². The Bertz CT molecular complexity index is 1330. The molecular weight excluding hydrogens is 489 g/mol.